The van der Waals surface area contributed by atoms with Gasteiger partial charge < -0.3 is 10.2 Å². The smallest absolute Gasteiger partial charge is 0.0577 e. The summed E-state index contributed by atoms with van der Waals surface area (Å²) in [5.41, 5.74) is 0.799. The number of aliphatic hydroxyl groups excluding tert-OH is 2. The molecule has 4 aliphatic rings. The molecular formula is C20H34O2. The third-order valence-corrected chi connectivity index (χ3v) is 9.13. The Morgan fingerprint density at radius 3 is 2.23 bits per heavy atom. The third kappa shape index (κ3) is 1.92. The predicted octanol–water partition coefficient (Wildman–Crippen LogP) is 4.00. The second-order valence-electron chi connectivity index (χ2n) is 9.74. The molecule has 22 heavy (non-hydrogen) atoms. The largest absolute Gasteiger partial charge is 0.393 e. The number of aliphatic hydroxyl groups is 2. The fourth-order valence-electron chi connectivity index (χ4n) is 7.54. The Morgan fingerprint density at radius 2 is 1.45 bits per heavy atom. The van der Waals surface area contributed by atoms with Gasteiger partial charge in [0.25, 0.3) is 0 Å². The van der Waals surface area contributed by atoms with Gasteiger partial charge in [-0.25, -0.2) is 0 Å². The molecule has 2 N–H and O–H groups in total. The van der Waals surface area contributed by atoms with Gasteiger partial charge in [0.1, 0.15) is 0 Å². The van der Waals surface area contributed by atoms with Gasteiger partial charge in [-0.2, -0.15) is 0 Å². The first-order valence-electron chi connectivity index (χ1n) is 9.72. The van der Waals surface area contributed by atoms with E-state index in [1.54, 1.807) is 0 Å². The van der Waals surface area contributed by atoms with Crippen LogP contribution in [-0.2, 0) is 0 Å². The maximum Gasteiger partial charge on any atom is 0.0577 e. The summed E-state index contributed by atoms with van der Waals surface area (Å²) in [5, 5.41) is 21.0. The molecule has 4 aliphatic carbocycles. The molecule has 0 saturated heterocycles. The first kappa shape index (κ1) is 15.4. The Morgan fingerprint density at radius 1 is 0.773 bits per heavy atom. The van der Waals surface area contributed by atoms with Gasteiger partial charge in [0, 0.05) is 0 Å². The third-order valence-electron chi connectivity index (χ3n) is 9.13. The van der Waals surface area contributed by atoms with E-state index in [1.807, 2.05) is 0 Å². The van der Waals surface area contributed by atoms with Crippen molar-refractivity contribution in [2.45, 2.75) is 84.3 Å². The molecule has 2 unspecified atom stereocenters. The SMILES string of the molecule is C[C@H]1CC[C@@H]2C3C[C@H](O)[C@H]4C[C@@H](O)CC[C@]4(C)C3CC[C@@]21C. The van der Waals surface area contributed by atoms with Crippen LogP contribution in [0.3, 0.4) is 0 Å². The molecule has 0 amide bonds. The van der Waals surface area contributed by atoms with E-state index in [-0.39, 0.29) is 17.6 Å². The van der Waals surface area contributed by atoms with E-state index in [0.717, 1.165) is 49.4 Å². The van der Waals surface area contributed by atoms with E-state index >= 15 is 0 Å². The highest BCUT2D eigenvalue weighted by Crippen LogP contribution is 2.67. The summed E-state index contributed by atoms with van der Waals surface area (Å²) >= 11 is 0. The summed E-state index contributed by atoms with van der Waals surface area (Å²) in [7, 11) is 0. The predicted molar refractivity (Wildman–Crippen MR) is 88.3 cm³/mol. The molecule has 0 radical (unpaired) electrons. The van der Waals surface area contributed by atoms with Crippen LogP contribution in [0, 0.1) is 40.4 Å². The molecule has 2 nitrogen and oxygen atoms in total. The van der Waals surface area contributed by atoms with Crippen molar-refractivity contribution >= 4 is 0 Å². The highest BCUT2D eigenvalue weighted by atomic mass is 16.3. The van der Waals surface area contributed by atoms with Crippen LogP contribution in [0.25, 0.3) is 0 Å². The number of hydrogen-bond donors (Lipinski definition) is 2. The molecule has 0 bridgehead atoms. The molecule has 0 aliphatic heterocycles. The highest BCUT2D eigenvalue weighted by Gasteiger charge is 2.61. The van der Waals surface area contributed by atoms with Gasteiger partial charge in [0.2, 0.25) is 0 Å². The number of fused-ring (bicyclic) bond motifs is 5. The lowest BCUT2D eigenvalue weighted by Crippen LogP contribution is -2.58. The fourth-order valence-corrected chi connectivity index (χ4v) is 7.54. The van der Waals surface area contributed by atoms with Gasteiger partial charge in [0.05, 0.1) is 12.2 Å². The van der Waals surface area contributed by atoms with E-state index in [0.29, 0.717) is 11.3 Å². The number of hydrogen-bond acceptors (Lipinski definition) is 2. The molecular weight excluding hydrogens is 272 g/mol. The normalized spacial score (nSPS) is 61.2. The molecule has 4 rings (SSSR count). The summed E-state index contributed by atoms with van der Waals surface area (Å²) in [6, 6.07) is 0. The van der Waals surface area contributed by atoms with Crippen molar-refractivity contribution in [1.29, 1.82) is 0 Å². The maximum atomic E-state index is 10.9. The zero-order valence-electron chi connectivity index (χ0n) is 14.6. The molecule has 0 aromatic carbocycles. The summed E-state index contributed by atoms with van der Waals surface area (Å²) in [5.74, 6) is 3.54. The van der Waals surface area contributed by atoms with Gasteiger partial charge in [-0.3, -0.25) is 0 Å². The van der Waals surface area contributed by atoms with Crippen molar-refractivity contribution in [1.82, 2.24) is 0 Å². The summed E-state index contributed by atoms with van der Waals surface area (Å²) in [6.07, 6.45) is 9.07. The quantitative estimate of drug-likeness (QED) is 0.710. The lowest BCUT2D eigenvalue weighted by molar-refractivity contribution is -0.170. The van der Waals surface area contributed by atoms with E-state index in [9.17, 15) is 10.2 Å². The van der Waals surface area contributed by atoms with Crippen molar-refractivity contribution in [2.75, 3.05) is 0 Å². The first-order chi connectivity index (χ1) is 10.4. The van der Waals surface area contributed by atoms with Crippen LogP contribution in [0.1, 0.15) is 72.1 Å². The van der Waals surface area contributed by atoms with Crippen LogP contribution >= 0.6 is 0 Å². The van der Waals surface area contributed by atoms with Gasteiger partial charge in [-0.1, -0.05) is 20.8 Å². The average Bonchev–Trinajstić information content (AvgIpc) is 2.77. The first-order valence-corrected chi connectivity index (χ1v) is 9.72. The van der Waals surface area contributed by atoms with E-state index < -0.39 is 0 Å². The van der Waals surface area contributed by atoms with E-state index in [4.69, 9.17) is 0 Å². The summed E-state index contributed by atoms with van der Waals surface area (Å²) in [4.78, 5) is 0. The molecule has 4 saturated carbocycles. The summed E-state index contributed by atoms with van der Waals surface area (Å²) < 4.78 is 0. The highest BCUT2D eigenvalue weighted by molar-refractivity contribution is 5.10. The Hall–Kier alpha value is -0.0800. The Labute approximate surface area is 135 Å². The Balaban J connectivity index is 1.66. The Kier molecular flexibility index (Phi) is 3.48. The topological polar surface area (TPSA) is 40.5 Å². The van der Waals surface area contributed by atoms with Crippen LogP contribution in [0.5, 0.6) is 0 Å². The molecule has 9 atom stereocenters. The lowest BCUT2D eigenvalue weighted by atomic mass is 9.44. The summed E-state index contributed by atoms with van der Waals surface area (Å²) in [6.45, 7) is 7.45. The average molecular weight is 306 g/mol. The number of rotatable bonds is 0. The molecule has 0 heterocycles. The van der Waals surface area contributed by atoms with Crippen molar-refractivity contribution < 1.29 is 10.2 Å². The molecule has 2 heteroatoms. The Bertz CT molecular complexity index is 449. The molecule has 0 aromatic rings. The second kappa shape index (κ2) is 4.96. The van der Waals surface area contributed by atoms with Gasteiger partial charge in [-0.15, -0.1) is 0 Å². The zero-order chi connectivity index (χ0) is 15.7. The minimum absolute atomic E-state index is 0.176. The fraction of sp³-hybridized carbons (Fsp3) is 1.00. The van der Waals surface area contributed by atoms with Crippen molar-refractivity contribution in [3.63, 3.8) is 0 Å². The van der Waals surface area contributed by atoms with E-state index in [2.05, 4.69) is 20.8 Å². The van der Waals surface area contributed by atoms with Crippen LogP contribution in [0.4, 0.5) is 0 Å². The monoisotopic (exact) mass is 306 g/mol. The maximum absolute atomic E-state index is 10.9. The molecule has 126 valence electrons. The minimum atomic E-state index is -0.181. The van der Waals surface area contributed by atoms with Crippen molar-refractivity contribution in [2.24, 2.45) is 40.4 Å². The second-order valence-corrected chi connectivity index (χ2v) is 9.74. The van der Waals surface area contributed by atoms with Crippen LogP contribution < -0.4 is 0 Å². The zero-order valence-corrected chi connectivity index (χ0v) is 14.6. The van der Waals surface area contributed by atoms with Crippen molar-refractivity contribution in [3.05, 3.63) is 0 Å². The molecule has 4 fully saturated rings. The molecule has 0 spiro atoms. The van der Waals surface area contributed by atoms with Crippen molar-refractivity contribution in [3.8, 4) is 0 Å². The van der Waals surface area contributed by atoms with Crippen LogP contribution in [0.2, 0.25) is 0 Å². The van der Waals surface area contributed by atoms with Gasteiger partial charge >= 0.3 is 0 Å². The minimum Gasteiger partial charge on any atom is -0.393 e. The van der Waals surface area contributed by atoms with Gasteiger partial charge in [0.15, 0.2) is 0 Å². The van der Waals surface area contributed by atoms with E-state index in [1.165, 1.54) is 25.7 Å². The van der Waals surface area contributed by atoms with Crippen LogP contribution in [0.15, 0.2) is 0 Å². The standard InChI is InChI=1S/C20H34O2/c1-12-4-5-15-14-11-18(22)17-10-13(21)6-8-20(17,3)16(14)7-9-19(12,15)2/h12-18,21-22H,4-11H2,1-3H3/t12-,13-,14?,15+,16?,17+,18-,19+,20+/m0/s1. The lowest BCUT2D eigenvalue weighted by Gasteiger charge is -2.62. The van der Waals surface area contributed by atoms with Gasteiger partial charge in [-0.05, 0) is 91.8 Å². The molecule has 0 aromatic heterocycles. The van der Waals surface area contributed by atoms with Crippen LogP contribution in [-0.4, -0.2) is 22.4 Å².